The summed E-state index contributed by atoms with van der Waals surface area (Å²) in [6, 6.07) is 4.01. The molecule has 0 spiro atoms. The molecule has 0 bridgehead atoms. The number of hydrogen-bond donors (Lipinski definition) is 1. The lowest BCUT2D eigenvalue weighted by Crippen LogP contribution is -2.12. The number of nitro benzene ring substituents is 1. The molecule has 0 aliphatic rings. The smallest absolute Gasteiger partial charge is 0.311 e. The van der Waals surface area contributed by atoms with Gasteiger partial charge in [-0.15, -0.1) is 10.2 Å². The molecule has 1 amide bonds. The average Bonchev–Trinajstić information content (AvgIpc) is 2.94. The van der Waals surface area contributed by atoms with E-state index in [9.17, 15) is 14.9 Å². The lowest BCUT2D eigenvalue weighted by Gasteiger charge is -2.04. The van der Waals surface area contributed by atoms with Crippen LogP contribution in [0.5, 0.6) is 5.75 Å². The molecular weight excluding hydrogens is 308 g/mol. The molecule has 1 aromatic heterocycles. The van der Waals surface area contributed by atoms with Crippen LogP contribution >= 0.6 is 11.3 Å². The van der Waals surface area contributed by atoms with Crippen LogP contribution in [0.25, 0.3) is 0 Å². The Morgan fingerprint density at radius 1 is 1.45 bits per heavy atom. The van der Waals surface area contributed by atoms with Crippen LogP contribution in [-0.4, -0.2) is 28.1 Å². The number of carbonyl (C=O) groups is 1. The number of anilines is 1. The lowest BCUT2D eigenvalue weighted by molar-refractivity contribution is -0.385. The largest absolute Gasteiger partial charge is 0.490 e. The van der Waals surface area contributed by atoms with E-state index in [-0.39, 0.29) is 17.0 Å². The highest BCUT2D eigenvalue weighted by Gasteiger charge is 2.19. The molecule has 116 valence electrons. The van der Waals surface area contributed by atoms with Crippen molar-refractivity contribution < 1.29 is 14.5 Å². The van der Waals surface area contributed by atoms with Crippen molar-refractivity contribution in [3.63, 3.8) is 0 Å². The number of hydrogen-bond acceptors (Lipinski definition) is 7. The zero-order valence-electron chi connectivity index (χ0n) is 12.0. The summed E-state index contributed by atoms with van der Waals surface area (Å²) >= 11 is 1.29. The third-order valence-electron chi connectivity index (χ3n) is 2.79. The molecule has 1 N–H and O–H groups in total. The number of ether oxygens (including phenoxy) is 1. The number of rotatable bonds is 6. The maximum atomic E-state index is 12.1. The summed E-state index contributed by atoms with van der Waals surface area (Å²) in [6.07, 6.45) is 1.73. The molecule has 0 aliphatic carbocycles. The summed E-state index contributed by atoms with van der Waals surface area (Å²) in [5, 5.41) is 22.6. The number of amides is 1. The van der Waals surface area contributed by atoms with Gasteiger partial charge in [0.05, 0.1) is 12.0 Å². The predicted molar refractivity (Wildman–Crippen MR) is 81.5 cm³/mol. The maximum Gasteiger partial charge on any atom is 0.311 e. The Kier molecular flexibility index (Phi) is 4.99. The van der Waals surface area contributed by atoms with Gasteiger partial charge in [-0.05, 0) is 18.6 Å². The minimum Gasteiger partial charge on any atom is -0.490 e. The van der Waals surface area contributed by atoms with Gasteiger partial charge in [-0.1, -0.05) is 18.3 Å². The van der Waals surface area contributed by atoms with Crippen molar-refractivity contribution in [3.8, 4) is 5.75 Å². The summed E-state index contributed by atoms with van der Waals surface area (Å²) < 4.78 is 4.90. The van der Waals surface area contributed by atoms with Gasteiger partial charge in [0.1, 0.15) is 5.01 Å². The monoisotopic (exact) mass is 322 g/mol. The molecule has 0 fully saturated rings. The van der Waals surface area contributed by atoms with Crippen molar-refractivity contribution in [1.29, 1.82) is 0 Å². The van der Waals surface area contributed by atoms with Crippen molar-refractivity contribution >= 4 is 28.1 Å². The van der Waals surface area contributed by atoms with Gasteiger partial charge < -0.3 is 4.74 Å². The van der Waals surface area contributed by atoms with E-state index in [2.05, 4.69) is 15.5 Å². The molecule has 0 aliphatic heterocycles. The molecule has 0 radical (unpaired) electrons. The third kappa shape index (κ3) is 3.55. The highest BCUT2D eigenvalue weighted by Crippen LogP contribution is 2.28. The third-order valence-corrected chi connectivity index (χ3v) is 3.69. The van der Waals surface area contributed by atoms with E-state index >= 15 is 0 Å². The van der Waals surface area contributed by atoms with E-state index in [0.29, 0.717) is 5.13 Å². The Bertz CT molecular complexity index is 701. The first kappa shape index (κ1) is 15.8. The highest BCUT2D eigenvalue weighted by molar-refractivity contribution is 7.15. The van der Waals surface area contributed by atoms with Gasteiger partial charge in [0.25, 0.3) is 5.91 Å². The van der Waals surface area contributed by atoms with Crippen molar-refractivity contribution in [2.24, 2.45) is 0 Å². The second-order valence-corrected chi connectivity index (χ2v) is 5.41. The van der Waals surface area contributed by atoms with Crippen LogP contribution in [0.3, 0.4) is 0 Å². The number of aromatic nitrogens is 2. The van der Waals surface area contributed by atoms with E-state index in [0.717, 1.165) is 17.8 Å². The normalized spacial score (nSPS) is 10.3. The number of benzene rings is 1. The fraction of sp³-hybridized carbons (Fsp3) is 0.308. The summed E-state index contributed by atoms with van der Waals surface area (Å²) in [4.78, 5) is 22.5. The number of carbonyl (C=O) groups excluding carboxylic acids is 1. The first-order valence-corrected chi connectivity index (χ1v) is 7.33. The average molecular weight is 322 g/mol. The van der Waals surface area contributed by atoms with Gasteiger partial charge in [-0.25, -0.2) is 0 Å². The zero-order valence-corrected chi connectivity index (χ0v) is 12.8. The Hall–Kier alpha value is -2.55. The molecule has 0 unspecified atom stereocenters. The van der Waals surface area contributed by atoms with Gasteiger partial charge >= 0.3 is 5.69 Å². The van der Waals surface area contributed by atoms with Crippen molar-refractivity contribution in [2.75, 3.05) is 12.4 Å². The minimum absolute atomic E-state index is 0.0997. The second kappa shape index (κ2) is 6.94. The van der Waals surface area contributed by atoms with Gasteiger partial charge in [0.15, 0.2) is 5.75 Å². The molecule has 2 aromatic rings. The molecule has 2 rings (SSSR count). The quantitative estimate of drug-likeness (QED) is 0.647. The number of methoxy groups -OCH3 is 1. The van der Waals surface area contributed by atoms with Crippen LogP contribution in [0.2, 0.25) is 0 Å². The lowest BCUT2D eigenvalue weighted by atomic mass is 10.2. The van der Waals surface area contributed by atoms with E-state index in [1.165, 1.54) is 36.6 Å². The Balaban J connectivity index is 2.18. The molecule has 0 atom stereocenters. The van der Waals surface area contributed by atoms with Crippen molar-refractivity contribution in [3.05, 3.63) is 38.9 Å². The summed E-state index contributed by atoms with van der Waals surface area (Å²) in [5.74, 6) is -0.382. The molecule has 1 aromatic carbocycles. The van der Waals surface area contributed by atoms with Gasteiger partial charge in [0, 0.05) is 18.1 Å². The van der Waals surface area contributed by atoms with Crippen molar-refractivity contribution in [1.82, 2.24) is 10.2 Å². The highest BCUT2D eigenvalue weighted by atomic mass is 32.1. The second-order valence-electron chi connectivity index (χ2n) is 4.35. The topological polar surface area (TPSA) is 107 Å². The predicted octanol–water partition coefficient (Wildman–Crippen LogP) is 2.66. The summed E-state index contributed by atoms with van der Waals surface area (Å²) in [6.45, 7) is 2.02. The first-order valence-electron chi connectivity index (χ1n) is 6.51. The van der Waals surface area contributed by atoms with E-state index in [4.69, 9.17) is 4.74 Å². The minimum atomic E-state index is -0.597. The standard InChI is InChI=1S/C13H14N4O4S/c1-3-4-11-15-16-13(22-11)14-12(18)8-5-6-10(21-2)9(7-8)17(19)20/h5-7H,3-4H2,1-2H3,(H,14,16,18). The van der Waals surface area contributed by atoms with Crippen LogP contribution in [-0.2, 0) is 6.42 Å². The van der Waals surface area contributed by atoms with Crippen LogP contribution in [0, 0.1) is 10.1 Å². The molecule has 9 heteroatoms. The van der Waals surface area contributed by atoms with Crippen LogP contribution in [0.4, 0.5) is 10.8 Å². The zero-order chi connectivity index (χ0) is 16.1. The Morgan fingerprint density at radius 2 is 2.23 bits per heavy atom. The molecule has 22 heavy (non-hydrogen) atoms. The van der Waals surface area contributed by atoms with E-state index < -0.39 is 10.8 Å². The molecule has 8 nitrogen and oxygen atoms in total. The molecular formula is C13H14N4O4S. The van der Waals surface area contributed by atoms with E-state index in [1.807, 2.05) is 6.92 Å². The van der Waals surface area contributed by atoms with Crippen LogP contribution in [0.1, 0.15) is 28.7 Å². The van der Waals surface area contributed by atoms with Crippen molar-refractivity contribution in [2.45, 2.75) is 19.8 Å². The summed E-state index contributed by atoms with van der Waals surface area (Å²) in [5.41, 5.74) is -0.112. The Labute approximate surface area is 130 Å². The fourth-order valence-corrected chi connectivity index (χ4v) is 2.60. The number of nitrogens with one attached hydrogen (secondary N) is 1. The number of aryl methyl sites for hydroxylation is 1. The molecule has 0 saturated heterocycles. The van der Waals surface area contributed by atoms with Crippen LogP contribution < -0.4 is 10.1 Å². The van der Waals surface area contributed by atoms with Gasteiger partial charge in [-0.2, -0.15) is 0 Å². The number of nitrogens with zero attached hydrogens (tertiary/aromatic N) is 3. The van der Waals surface area contributed by atoms with E-state index in [1.54, 1.807) is 0 Å². The number of nitro groups is 1. The maximum absolute atomic E-state index is 12.1. The molecule has 0 saturated carbocycles. The Morgan fingerprint density at radius 3 is 2.86 bits per heavy atom. The fourth-order valence-electron chi connectivity index (χ4n) is 1.76. The van der Waals surface area contributed by atoms with Gasteiger partial charge in [-0.3, -0.25) is 20.2 Å². The SMILES string of the molecule is CCCc1nnc(NC(=O)c2ccc(OC)c([N+](=O)[O-])c2)s1. The molecule has 1 heterocycles. The van der Waals surface area contributed by atoms with Gasteiger partial charge in [0.2, 0.25) is 5.13 Å². The first-order chi connectivity index (χ1) is 10.5. The summed E-state index contributed by atoms with van der Waals surface area (Å²) in [7, 11) is 1.33. The van der Waals surface area contributed by atoms with Crippen LogP contribution in [0.15, 0.2) is 18.2 Å².